The van der Waals surface area contributed by atoms with Gasteiger partial charge in [-0.1, -0.05) is 52.4 Å². The number of aliphatic hydroxyl groups is 1. The second-order valence-electron chi connectivity index (χ2n) is 5.21. The van der Waals surface area contributed by atoms with Gasteiger partial charge in [-0.15, -0.1) is 0 Å². The molecule has 0 rings (SSSR count). The van der Waals surface area contributed by atoms with Crippen LogP contribution in [0.1, 0.15) is 65.2 Å². The fraction of sp³-hybridized carbons (Fsp3) is 1.00. The first-order valence-electron chi connectivity index (χ1n) is 8.11. The summed E-state index contributed by atoms with van der Waals surface area (Å²) >= 11 is 0. The lowest BCUT2D eigenvalue weighted by Crippen LogP contribution is -2.08. The zero-order valence-electron chi connectivity index (χ0n) is 13.0. The second-order valence-corrected chi connectivity index (χ2v) is 5.21. The largest absolute Gasteiger partial charge is 0.394 e. The number of hydrogen-bond acceptors (Lipinski definition) is 3. The molecule has 0 aromatic heterocycles. The molecule has 0 aliphatic heterocycles. The van der Waals surface area contributed by atoms with Gasteiger partial charge in [-0.3, -0.25) is 0 Å². The maximum absolute atomic E-state index is 8.53. The summed E-state index contributed by atoms with van der Waals surface area (Å²) in [7, 11) is 0. The third-order valence-corrected chi connectivity index (χ3v) is 3.55. The molecule has 0 spiro atoms. The van der Waals surface area contributed by atoms with Gasteiger partial charge < -0.3 is 14.6 Å². The third kappa shape index (κ3) is 14.1. The smallest absolute Gasteiger partial charge is 0.0701 e. The normalized spacial score (nSPS) is 12.8. The molecule has 0 heterocycles. The fourth-order valence-electron chi connectivity index (χ4n) is 2.27. The average molecular weight is 274 g/mol. The predicted molar refractivity (Wildman–Crippen MR) is 80.5 cm³/mol. The average Bonchev–Trinajstić information content (AvgIpc) is 2.44. The Kier molecular flexibility index (Phi) is 15.8. The highest BCUT2D eigenvalue weighted by atomic mass is 16.5. The first kappa shape index (κ1) is 18.9. The summed E-state index contributed by atoms with van der Waals surface area (Å²) < 4.78 is 10.6. The summed E-state index contributed by atoms with van der Waals surface area (Å²) in [5, 5.41) is 8.53. The van der Waals surface area contributed by atoms with Crippen LogP contribution in [0.5, 0.6) is 0 Å². The van der Waals surface area contributed by atoms with E-state index in [1.807, 2.05) is 0 Å². The van der Waals surface area contributed by atoms with E-state index in [1.165, 1.54) is 44.9 Å². The lowest BCUT2D eigenvalue weighted by Gasteiger charge is -2.14. The lowest BCUT2D eigenvalue weighted by atomic mass is 9.94. The van der Waals surface area contributed by atoms with E-state index in [9.17, 15) is 0 Å². The van der Waals surface area contributed by atoms with Crippen molar-refractivity contribution < 1.29 is 14.6 Å². The Balaban J connectivity index is 3.26. The minimum atomic E-state index is 0.0935. The van der Waals surface area contributed by atoms with E-state index in [1.54, 1.807) is 0 Å². The molecule has 0 saturated carbocycles. The quantitative estimate of drug-likeness (QED) is 0.462. The van der Waals surface area contributed by atoms with Crippen LogP contribution in [-0.2, 0) is 9.47 Å². The predicted octanol–water partition coefficient (Wildman–Crippen LogP) is 3.79. The van der Waals surface area contributed by atoms with Crippen molar-refractivity contribution in [2.75, 3.05) is 33.0 Å². The molecule has 0 aliphatic carbocycles. The Hall–Kier alpha value is -0.120. The molecule has 3 nitrogen and oxygen atoms in total. The summed E-state index contributed by atoms with van der Waals surface area (Å²) in [5.74, 6) is 0.881. The van der Waals surface area contributed by atoms with Crippen LogP contribution < -0.4 is 0 Å². The van der Waals surface area contributed by atoms with E-state index in [2.05, 4.69) is 13.8 Å². The Morgan fingerprint density at radius 1 is 0.789 bits per heavy atom. The molecule has 1 N–H and O–H groups in total. The molecule has 0 amide bonds. The van der Waals surface area contributed by atoms with Crippen molar-refractivity contribution in [3.05, 3.63) is 0 Å². The Bertz CT molecular complexity index is 162. The summed E-state index contributed by atoms with van der Waals surface area (Å²) in [6.45, 7) is 7.15. The fourth-order valence-corrected chi connectivity index (χ4v) is 2.27. The molecule has 3 heteroatoms. The van der Waals surface area contributed by atoms with Crippen molar-refractivity contribution >= 4 is 0 Å². The molecule has 1 unspecified atom stereocenters. The summed E-state index contributed by atoms with van der Waals surface area (Å²) in [6, 6.07) is 0. The topological polar surface area (TPSA) is 38.7 Å². The molecular formula is C16H34O3. The first-order chi connectivity index (χ1) is 9.35. The summed E-state index contributed by atoms with van der Waals surface area (Å²) in [4.78, 5) is 0. The van der Waals surface area contributed by atoms with Gasteiger partial charge in [0.2, 0.25) is 0 Å². The van der Waals surface area contributed by atoms with E-state index in [0.29, 0.717) is 19.8 Å². The van der Waals surface area contributed by atoms with Crippen LogP contribution in [0.15, 0.2) is 0 Å². The van der Waals surface area contributed by atoms with Gasteiger partial charge in [0, 0.05) is 6.61 Å². The molecule has 0 bridgehead atoms. The Morgan fingerprint density at radius 3 is 2.11 bits per heavy atom. The molecule has 0 aromatic carbocycles. The van der Waals surface area contributed by atoms with E-state index in [-0.39, 0.29) is 6.61 Å². The monoisotopic (exact) mass is 274 g/mol. The number of aliphatic hydroxyl groups excluding tert-OH is 1. The summed E-state index contributed by atoms with van der Waals surface area (Å²) in [5.41, 5.74) is 0. The first-order valence-corrected chi connectivity index (χ1v) is 8.11. The van der Waals surface area contributed by atoms with Crippen LogP contribution >= 0.6 is 0 Å². The number of hydrogen-bond donors (Lipinski definition) is 1. The number of rotatable bonds is 15. The molecule has 0 aromatic rings. The van der Waals surface area contributed by atoms with Crippen molar-refractivity contribution in [2.24, 2.45) is 5.92 Å². The molecule has 0 aliphatic rings. The van der Waals surface area contributed by atoms with Gasteiger partial charge >= 0.3 is 0 Å². The second kappa shape index (κ2) is 15.9. The van der Waals surface area contributed by atoms with Gasteiger partial charge in [-0.2, -0.15) is 0 Å². The Morgan fingerprint density at radius 2 is 1.47 bits per heavy atom. The molecule has 19 heavy (non-hydrogen) atoms. The zero-order valence-corrected chi connectivity index (χ0v) is 13.0. The van der Waals surface area contributed by atoms with Crippen molar-refractivity contribution in [3.63, 3.8) is 0 Å². The minimum Gasteiger partial charge on any atom is -0.394 e. The molecule has 0 saturated heterocycles. The standard InChI is InChI=1S/C16H34O3/c1-3-5-6-7-9-16(4-2)10-8-12-18-14-15-19-13-11-17/h16-17H,3-15H2,1-2H3. The highest BCUT2D eigenvalue weighted by Gasteiger charge is 2.05. The van der Waals surface area contributed by atoms with Crippen molar-refractivity contribution in [3.8, 4) is 0 Å². The number of unbranched alkanes of at least 4 members (excludes halogenated alkanes) is 3. The zero-order chi connectivity index (χ0) is 14.2. The third-order valence-electron chi connectivity index (χ3n) is 3.55. The molecule has 0 radical (unpaired) electrons. The maximum atomic E-state index is 8.53. The van der Waals surface area contributed by atoms with Gasteiger partial charge in [-0.05, 0) is 18.8 Å². The van der Waals surface area contributed by atoms with Gasteiger partial charge in [0.1, 0.15) is 0 Å². The molecule has 116 valence electrons. The highest BCUT2D eigenvalue weighted by molar-refractivity contribution is 4.58. The van der Waals surface area contributed by atoms with E-state index in [0.717, 1.165) is 18.9 Å². The van der Waals surface area contributed by atoms with Crippen LogP contribution in [0, 0.1) is 5.92 Å². The van der Waals surface area contributed by atoms with Gasteiger partial charge in [0.15, 0.2) is 0 Å². The van der Waals surface area contributed by atoms with Gasteiger partial charge in [0.25, 0.3) is 0 Å². The summed E-state index contributed by atoms with van der Waals surface area (Å²) in [6.07, 6.45) is 10.6. The molecular weight excluding hydrogens is 240 g/mol. The van der Waals surface area contributed by atoms with E-state index >= 15 is 0 Å². The highest BCUT2D eigenvalue weighted by Crippen LogP contribution is 2.19. The Labute approximate surface area is 119 Å². The van der Waals surface area contributed by atoms with Crippen molar-refractivity contribution in [1.82, 2.24) is 0 Å². The maximum Gasteiger partial charge on any atom is 0.0701 e. The number of ether oxygens (including phenoxy) is 2. The lowest BCUT2D eigenvalue weighted by molar-refractivity contribution is 0.0313. The van der Waals surface area contributed by atoms with Crippen LogP contribution in [0.3, 0.4) is 0 Å². The van der Waals surface area contributed by atoms with E-state index in [4.69, 9.17) is 14.6 Å². The molecule has 1 atom stereocenters. The van der Waals surface area contributed by atoms with Crippen LogP contribution in [0.4, 0.5) is 0 Å². The van der Waals surface area contributed by atoms with Gasteiger partial charge in [-0.25, -0.2) is 0 Å². The minimum absolute atomic E-state index is 0.0935. The van der Waals surface area contributed by atoms with E-state index < -0.39 is 0 Å². The van der Waals surface area contributed by atoms with Crippen LogP contribution in [-0.4, -0.2) is 38.1 Å². The molecule has 0 fully saturated rings. The van der Waals surface area contributed by atoms with Gasteiger partial charge in [0.05, 0.1) is 26.4 Å². The van der Waals surface area contributed by atoms with Crippen LogP contribution in [0.2, 0.25) is 0 Å². The SMILES string of the molecule is CCCCCCC(CC)CCCOCCOCCO. The van der Waals surface area contributed by atoms with Crippen molar-refractivity contribution in [1.29, 1.82) is 0 Å². The van der Waals surface area contributed by atoms with Crippen LogP contribution in [0.25, 0.3) is 0 Å². The van der Waals surface area contributed by atoms with Crippen molar-refractivity contribution in [2.45, 2.75) is 65.2 Å².